The third-order valence-corrected chi connectivity index (χ3v) is 3.08. The number of hydrogen-bond acceptors (Lipinski definition) is 6. The van der Waals surface area contributed by atoms with Gasteiger partial charge >= 0.3 is 11.0 Å². The zero-order valence-electron chi connectivity index (χ0n) is 9.49. The minimum Gasteiger partial charge on any atom is -0.481 e. The molecule has 0 aromatic carbocycles. The number of anilines is 1. The molecule has 8 heteroatoms. The van der Waals surface area contributed by atoms with Gasteiger partial charge in [-0.25, -0.2) is 4.98 Å². The average Bonchev–Trinajstić information content (AvgIpc) is 2.66. The lowest BCUT2D eigenvalue weighted by Crippen LogP contribution is -2.32. The average molecular weight is 259 g/mol. The summed E-state index contributed by atoms with van der Waals surface area (Å²) in [6, 6.07) is 0.0418. The second kappa shape index (κ2) is 5.58. The Morgan fingerprint density at radius 1 is 1.71 bits per heavy atom. The number of aromatic nitrogens is 1. The van der Waals surface area contributed by atoms with E-state index in [2.05, 4.69) is 4.98 Å². The zero-order chi connectivity index (χ0) is 13.0. The van der Waals surface area contributed by atoms with Crippen LogP contribution in [0, 0.1) is 10.1 Å². The molecule has 0 spiro atoms. The summed E-state index contributed by atoms with van der Waals surface area (Å²) >= 11 is 0.952. The van der Waals surface area contributed by atoms with Crippen LogP contribution in [0.3, 0.4) is 0 Å². The van der Waals surface area contributed by atoms with Gasteiger partial charge in [-0.05, 0) is 25.2 Å². The summed E-state index contributed by atoms with van der Waals surface area (Å²) < 4.78 is 0. The molecule has 0 aliphatic heterocycles. The molecule has 0 fully saturated rings. The molecule has 0 bridgehead atoms. The molecule has 1 aromatic heterocycles. The van der Waals surface area contributed by atoms with Crippen molar-refractivity contribution in [1.82, 2.24) is 4.98 Å². The highest BCUT2D eigenvalue weighted by molar-refractivity contribution is 7.18. The highest BCUT2D eigenvalue weighted by Crippen LogP contribution is 2.29. The van der Waals surface area contributed by atoms with Gasteiger partial charge in [-0.3, -0.25) is 14.9 Å². The molecule has 0 saturated heterocycles. The molecule has 17 heavy (non-hydrogen) atoms. The third kappa shape index (κ3) is 3.66. The number of carbonyl (C=O) groups is 1. The molecular weight excluding hydrogens is 246 g/mol. The molecule has 0 unspecified atom stereocenters. The lowest BCUT2D eigenvalue weighted by atomic mass is 10.3. The molecule has 0 radical (unpaired) electrons. The van der Waals surface area contributed by atoms with Gasteiger partial charge in [0, 0.05) is 12.6 Å². The fourth-order valence-corrected chi connectivity index (χ4v) is 2.16. The predicted octanol–water partition coefficient (Wildman–Crippen LogP) is 1.74. The van der Waals surface area contributed by atoms with Gasteiger partial charge in [0.2, 0.25) is 0 Å². The smallest absolute Gasteiger partial charge is 0.345 e. The van der Waals surface area contributed by atoms with Crippen molar-refractivity contribution in [3.63, 3.8) is 0 Å². The summed E-state index contributed by atoms with van der Waals surface area (Å²) in [7, 11) is 0. The number of nitro groups is 1. The molecule has 1 N–H and O–H groups in total. The van der Waals surface area contributed by atoms with Gasteiger partial charge in [-0.2, -0.15) is 0 Å². The Balaban J connectivity index is 2.82. The summed E-state index contributed by atoms with van der Waals surface area (Å²) in [5.41, 5.74) is 0. The first-order valence-corrected chi connectivity index (χ1v) is 5.82. The third-order valence-electron chi connectivity index (χ3n) is 2.10. The van der Waals surface area contributed by atoms with E-state index in [1.807, 2.05) is 13.8 Å². The first-order valence-electron chi connectivity index (χ1n) is 5.00. The van der Waals surface area contributed by atoms with Crippen LogP contribution in [0.5, 0.6) is 0 Å². The van der Waals surface area contributed by atoms with E-state index >= 15 is 0 Å². The molecular formula is C9H13N3O4S. The number of carboxylic acids is 1. The van der Waals surface area contributed by atoms with Crippen LogP contribution >= 0.6 is 11.3 Å². The van der Waals surface area contributed by atoms with E-state index in [9.17, 15) is 14.9 Å². The SMILES string of the molecule is CC(C)N(CCC(=O)O)c1ncc([N+](=O)[O-])s1. The number of aliphatic carboxylic acids is 1. The fraction of sp³-hybridized carbons (Fsp3) is 0.556. The normalized spacial score (nSPS) is 10.5. The van der Waals surface area contributed by atoms with E-state index in [0.717, 1.165) is 11.3 Å². The topological polar surface area (TPSA) is 96.6 Å². The Morgan fingerprint density at radius 2 is 2.35 bits per heavy atom. The van der Waals surface area contributed by atoms with Crippen molar-refractivity contribution in [3.8, 4) is 0 Å². The highest BCUT2D eigenvalue weighted by Gasteiger charge is 2.19. The van der Waals surface area contributed by atoms with Gasteiger partial charge in [0.05, 0.1) is 11.3 Å². The van der Waals surface area contributed by atoms with Crippen molar-refractivity contribution in [2.45, 2.75) is 26.3 Å². The van der Waals surface area contributed by atoms with Crippen LogP contribution in [-0.2, 0) is 4.79 Å². The largest absolute Gasteiger partial charge is 0.481 e. The molecule has 0 atom stereocenters. The predicted molar refractivity (Wildman–Crippen MR) is 63.5 cm³/mol. The Bertz CT molecular complexity index is 418. The minimum absolute atomic E-state index is 0.0223. The maximum atomic E-state index is 10.5. The Hall–Kier alpha value is -1.70. The summed E-state index contributed by atoms with van der Waals surface area (Å²) in [5.74, 6) is -0.901. The van der Waals surface area contributed by atoms with E-state index in [1.165, 1.54) is 6.20 Å². The Labute approximate surface area is 102 Å². The van der Waals surface area contributed by atoms with Crippen molar-refractivity contribution in [2.24, 2.45) is 0 Å². The second-order valence-corrected chi connectivity index (χ2v) is 4.66. The number of nitrogens with zero attached hydrogens (tertiary/aromatic N) is 3. The Morgan fingerprint density at radius 3 is 2.76 bits per heavy atom. The summed E-state index contributed by atoms with van der Waals surface area (Å²) in [5, 5.41) is 19.6. The molecule has 1 rings (SSSR count). The van der Waals surface area contributed by atoms with Crippen molar-refractivity contribution in [2.75, 3.05) is 11.4 Å². The maximum Gasteiger partial charge on any atom is 0.345 e. The van der Waals surface area contributed by atoms with Gasteiger partial charge in [0.1, 0.15) is 6.20 Å². The van der Waals surface area contributed by atoms with E-state index in [4.69, 9.17) is 5.11 Å². The quantitative estimate of drug-likeness (QED) is 0.617. The van der Waals surface area contributed by atoms with Gasteiger partial charge < -0.3 is 10.0 Å². The number of thiazole rings is 1. The first kappa shape index (κ1) is 13.4. The fourth-order valence-electron chi connectivity index (χ4n) is 1.26. The van der Waals surface area contributed by atoms with Crippen LogP contribution in [0.1, 0.15) is 20.3 Å². The Kier molecular flexibility index (Phi) is 4.38. The van der Waals surface area contributed by atoms with Crippen LogP contribution in [0.25, 0.3) is 0 Å². The number of rotatable bonds is 6. The van der Waals surface area contributed by atoms with E-state index in [1.54, 1.807) is 4.90 Å². The monoisotopic (exact) mass is 259 g/mol. The van der Waals surface area contributed by atoms with Gasteiger partial charge in [0.25, 0.3) is 0 Å². The second-order valence-electron chi connectivity index (χ2n) is 3.67. The summed E-state index contributed by atoms with van der Waals surface area (Å²) in [4.78, 5) is 26.2. The molecule has 0 amide bonds. The lowest BCUT2D eigenvalue weighted by molar-refractivity contribution is -0.380. The van der Waals surface area contributed by atoms with Crippen LogP contribution in [0.2, 0.25) is 0 Å². The van der Waals surface area contributed by atoms with Crippen molar-refractivity contribution in [3.05, 3.63) is 16.3 Å². The molecule has 7 nitrogen and oxygen atoms in total. The molecule has 1 heterocycles. The van der Waals surface area contributed by atoms with Crippen LogP contribution in [0.15, 0.2) is 6.20 Å². The summed E-state index contributed by atoms with van der Waals surface area (Å²) in [6.45, 7) is 4.06. The lowest BCUT2D eigenvalue weighted by Gasteiger charge is -2.24. The molecule has 94 valence electrons. The highest BCUT2D eigenvalue weighted by atomic mass is 32.1. The molecule has 0 saturated carbocycles. The minimum atomic E-state index is -0.901. The van der Waals surface area contributed by atoms with Gasteiger partial charge in [-0.1, -0.05) is 0 Å². The van der Waals surface area contributed by atoms with Crippen molar-refractivity contribution < 1.29 is 14.8 Å². The molecule has 0 aliphatic carbocycles. The van der Waals surface area contributed by atoms with Crippen molar-refractivity contribution in [1.29, 1.82) is 0 Å². The maximum absolute atomic E-state index is 10.5. The number of carboxylic acid groups (broad SMARTS) is 1. The van der Waals surface area contributed by atoms with Crippen LogP contribution in [-0.4, -0.2) is 33.6 Å². The van der Waals surface area contributed by atoms with Crippen LogP contribution in [0.4, 0.5) is 10.1 Å². The van der Waals surface area contributed by atoms with E-state index in [-0.39, 0.29) is 24.0 Å². The standard InChI is InChI=1S/C9H13N3O4S/c1-6(2)11(4-3-8(13)14)9-10-5-7(17-9)12(15)16/h5-6H,3-4H2,1-2H3,(H,13,14). The summed E-state index contributed by atoms with van der Waals surface area (Å²) in [6.07, 6.45) is 1.17. The van der Waals surface area contributed by atoms with Gasteiger partial charge in [-0.15, -0.1) is 0 Å². The van der Waals surface area contributed by atoms with E-state index < -0.39 is 10.9 Å². The first-order chi connectivity index (χ1) is 7.91. The number of hydrogen-bond donors (Lipinski definition) is 1. The van der Waals surface area contributed by atoms with Crippen LogP contribution < -0.4 is 4.90 Å². The van der Waals surface area contributed by atoms with Crippen molar-refractivity contribution >= 4 is 27.4 Å². The zero-order valence-corrected chi connectivity index (χ0v) is 10.3. The molecule has 0 aliphatic rings. The van der Waals surface area contributed by atoms with Gasteiger partial charge in [0.15, 0.2) is 5.13 Å². The molecule has 1 aromatic rings. The van der Waals surface area contributed by atoms with E-state index in [0.29, 0.717) is 5.13 Å².